The molecule has 1 unspecified atom stereocenters. The molecule has 6 heteroatoms. The van der Waals surface area contributed by atoms with Crippen molar-refractivity contribution in [3.05, 3.63) is 77.6 Å². The fraction of sp³-hybridized carbons (Fsp3) is 0.211. The summed E-state index contributed by atoms with van der Waals surface area (Å²) in [6.07, 6.45) is 5.94. The number of amides is 2. The van der Waals surface area contributed by atoms with Crippen molar-refractivity contribution >= 4 is 11.7 Å². The predicted molar refractivity (Wildman–Crippen MR) is 95.3 cm³/mol. The number of imidazole rings is 1. The smallest absolute Gasteiger partial charge is 0.322 e. The number of nitrogens with zero attached hydrogens (tertiary/aromatic N) is 3. The molecule has 2 N–H and O–H groups in total. The van der Waals surface area contributed by atoms with Crippen molar-refractivity contribution in [2.45, 2.75) is 19.4 Å². The Bertz CT molecular complexity index is 890. The summed E-state index contributed by atoms with van der Waals surface area (Å²) in [7, 11) is 0. The highest BCUT2D eigenvalue weighted by molar-refractivity contribution is 5.90. The molecule has 2 aromatic heterocycles. The summed E-state index contributed by atoms with van der Waals surface area (Å²) in [6, 6.07) is 11.3. The van der Waals surface area contributed by atoms with Gasteiger partial charge in [0.2, 0.25) is 0 Å². The number of hydrogen-bond acceptors (Lipinski definition) is 3. The Balaban J connectivity index is 1.66. The third-order valence-corrected chi connectivity index (χ3v) is 4.48. The fourth-order valence-electron chi connectivity index (χ4n) is 3.30. The molecule has 1 aliphatic heterocycles. The van der Waals surface area contributed by atoms with E-state index in [1.54, 1.807) is 18.7 Å². The molecule has 1 aromatic carbocycles. The maximum absolute atomic E-state index is 13.0. The van der Waals surface area contributed by atoms with Crippen molar-refractivity contribution < 1.29 is 4.79 Å². The Labute approximate surface area is 145 Å². The maximum Gasteiger partial charge on any atom is 0.322 e. The van der Waals surface area contributed by atoms with E-state index in [-0.39, 0.29) is 12.1 Å². The van der Waals surface area contributed by atoms with Crippen LogP contribution in [0, 0.1) is 6.92 Å². The van der Waals surface area contributed by atoms with Gasteiger partial charge < -0.3 is 15.2 Å². The zero-order valence-corrected chi connectivity index (χ0v) is 13.9. The number of benzene rings is 1. The molecular formula is C19H19N5O. The minimum absolute atomic E-state index is 0.124. The van der Waals surface area contributed by atoms with E-state index < -0.39 is 0 Å². The van der Waals surface area contributed by atoms with E-state index in [1.807, 2.05) is 48.2 Å². The van der Waals surface area contributed by atoms with Gasteiger partial charge in [-0.2, -0.15) is 0 Å². The average molecular weight is 333 g/mol. The average Bonchev–Trinajstić information content (AvgIpc) is 3.10. The van der Waals surface area contributed by atoms with E-state index >= 15 is 0 Å². The summed E-state index contributed by atoms with van der Waals surface area (Å²) >= 11 is 0. The molecule has 0 saturated heterocycles. The number of fused-ring (bicyclic) bond motifs is 1. The molecule has 3 aromatic rings. The number of pyridine rings is 1. The van der Waals surface area contributed by atoms with E-state index in [1.165, 1.54) is 0 Å². The molecule has 2 amide bonds. The van der Waals surface area contributed by atoms with Crippen molar-refractivity contribution in [1.82, 2.24) is 19.9 Å². The SMILES string of the molecule is Cc1cccc(NC(=O)N2CCc3[nH]cnc3C2c2ccncc2)c1. The number of aromatic amines is 1. The van der Waals surface area contributed by atoms with Crippen molar-refractivity contribution in [2.75, 3.05) is 11.9 Å². The molecule has 4 rings (SSSR count). The van der Waals surface area contributed by atoms with Crippen LogP contribution in [0.3, 0.4) is 0 Å². The van der Waals surface area contributed by atoms with Gasteiger partial charge >= 0.3 is 6.03 Å². The minimum atomic E-state index is -0.220. The lowest BCUT2D eigenvalue weighted by molar-refractivity contribution is 0.192. The van der Waals surface area contributed by atoms with Crippen LogP contribution >= 0.6 is 0 Å². The van der Waals surface area contributed by atoms with E-state index in [0.29, 0.717) is 6.54 Å². The van der Waals surface area contributed by atoms with Gasteiger partial charge in [-0.1, -0.05) is 12.1 Å². The van der Waals surface area contributed by atoms with E-state index in [9.17, 15) is 4.79 Å². The Hall–Kier alpha value is -3.15. The number of urea groups is 1. The van der Waals surface area contributed by atoms with Crippen molar-refractivity contribution in [2.24, 2.45) is 0 Å². The molecule has 25 heavy (non-hydrogen) atoms. The molecule has 0 spiro atoms. The largest absolute Gasteiger partial charge is 0.348 e. The molecule has 0 radical (unpaired) electrons. The summed E-state index contributed by atoms with van der Waals surface area (Å²) in [6.45, 7) is 2.63. The number of H-pyrrole nitrogens is 1. The lowest BCUT2D eigenvalue weighted by Gasteiger charge is -2.35. The summed E-state index contributed by atoms with van der Waals surface area (Å²) in [5, 5.41) is 3.01. The summed E-state index contributed by atoms with van der Waals surface area (Å²) < 4.78 is 0. The molecule has 0 saturated carbocycles. The first-order valence-electron chi connectivity index (χ1n) is 8.29. The molecule has 3 heterocycles. The zero-order valence-electron chi connectivity index (χ0n) is 13.9. The second-order valence-electron chi connectivity index (χ2n) is 6.19. The van der Waals surface area contributed by atoms with Gasteiger partial charge in [0.15, 0.2) is 0 Å². The van der Waals surface area contributed by atoms with E-state index in [2.05, 4.69) is 20.3 Å². The summed E-state index contributed by atoms with van der Waals surface area (Å²) in [4.78, 5) is 26.5. The van der Waals surface area contributed by atoms with Crippen LogP contribution in [-0.4, -0.2) is 32.4 Å². The molecule has 6 nitrogen and oxygen atoms in total. The molecule has 0 fully saturated rings. The number of rotatable bonds is 2. The Kier molecular flexibility index (Phi) is 3.93. The number of nitrogens with one attached hydrogen (secondary N) is 2. The summed E-state index contributed by atoms with van der Waals surface area (Å²) in [5.41, 5.74) is 4.89. The first-order chi connectivity index (χ1) is 12.2. The van der Waals surface area contributed by atoms with Crippen LogP contribution in [0.1, 0.15) is 28.6 Å². The van der Waals surface area contributed by atoms with Crippen molar-refractivity contribution in [3.63, 3.8) is 0 Å². The van der Waals surface area contributed by atoms with Crippen LogP contribution in [0.4, 0.5) is 10.5 Å². The highest BCUT2D eigenvalue weighted by atomic mass is 16.2. The van der Waals surface area contributed by atoms with E-state index in [0.717, 1.165) is 34.6 Å². The van der Waals surface area contributed by atoms with Gasteiger partial charge in [0.1, 0.15) is 6.04 Å². The standard InChI is InChI=1S/C19H19N5O/c1-13-3-2-4-15(11-13)23-19(25)24-10-7-16-17(22-12-21-16)18(24)14-5-8-20-9-6-14/h2-6,8-9,11-12,18H,7,10H2,1H3,(H,21,22)(H,23,25). The van der Waals surface area contributed by atoms with Gasteiger partial charge in [-0.15, -0.1) is 0 Å². The number of aryl methyl sites for hydroxylation is 1. The molecule has 1 atom stereocenters. The van der Waals surface area contributed by atoms with Gasteiger partial charge in [0.05, 0.1) is 12.0 Å². The normalized spacial score (nSPS) is 16.4. The zero-order chi connectivity index (χ0) is 17.2. The number of anilines is 1. The highest BCUT2D eigenvalue weighted by Crippen LogP contribution is 2.33. The van der Waals surface area contributed by atoms with Gasteiger partial charge in [-0.3, -0.25) is 4.98 Å². The first kappa shape index (κ1) is 15.4. The second-order valence-corrected chi connectivity index (χ2v) is 6.19. The Morgan fingerprint density at radius 3 is 2.92 bits per heavy atom. The number of hydrogen-bond donors (Lipinski definition) is 2. The molecule has 0 bridgehead atoms. The van der Waals surface area contributed by atoms with Crippen molar-refractivity contribution in [3.8, 4) is 0 Å². The lowest BCUT2D eigenvalue weighted by atomic mass is 9.97. The van der Waals surface area contributed by atoms with Crippen LogP contribution in [0.25, 0.3) is 0 Å². The van der Waals surface area contributed by atoms with Crippen LogP contribution in [0.15, 0.2) is 55.1 Å². The van der Waals surface area contributed by atoms with Crippen molar-refractivity contribution in [1.29, 1.82) is 0 Å². The molecule has 0 aliphatic carbocycles. The third kappa shape index (κ3) is 2.98. The molecular weight excluding hydrogens is 314 g/mol. The number of carbonyl (C=O) groups is 1. The molecule has 126 valence electrons. The minimum Gasteiger partial charge on any atom is -0.348 e. The van der Waals surface area contributed by atoms with Gasteiger partial charge in [0.25, 0.3) is 0 Å². The maximum atomic E-state index is 13.0. The highest BCUT2D eigenvalue weighted by Gasteiger charge is 2.34. The Morgan fingerprint density at radius 2 is 2.12 bits per heavy atom. The Morgan fingerprint density at radius 1 is 1.28 bits per heavy atom. The number of carbonyl (C=O) groups excluding carboxylic acids is 1. The number of aromatic nitrogens is 3. The van der Waals surface area contributed by atoms with Gasteiger partial charge in [0, 0.05) is 36.7 Å². The van der Waals surface area contributed by atoms with Crippen LogP contribution in [-0.2, 0) is 6.42 Å². The monoisotopic (exact) mass is 333 g/mol. The van der Waals surface area contributed by atoms with Gasteiger partial charge in [-0.25, -0.2) is 9.78 Å². The molecule has 1 aliphatic rings. The fourth-order valence-corrected chi connectivity index (χ4v) is 3.30. The summed E-state index contributed by atoms with van der Waals surface area (Å²) in [5.74, 6) is 0. The first-order valence-corrected chi connectivity index (χ1v) is 8.29. The van der Waals surface area contributed by atoms with Crippen LogP contribution in [0.5, 0.6) is 0 Å². The predicted octanol–water partition coefficient (Wildman–Crippen LogP) is 3.29. The van der Waals surface area contributed by atoms with Crippen LogP contribution < -0.4 is 5.32 Å². The quantitative estimate of drug-likeness (QED) is 0.756. The topological polar surface area (TPSA) is 73.9 Å². The van der Waals surface area contributed by atoms with Crippen LogP contribution in [0.2, 0.25) is 0 Å². The third-order valence-electron chi connectivity index (χ3n) is 4.48. The van der Waals surface area contributed by atoms with E-state index in [4.69, 9.17) is 0 Å². The van der Waals surface area contributed by atoms with Gasteiger partial charge in [-0.05, 0) is 42.3 Å². The lowest BCUT2D eigenvalue weighted by Crippen LogP contribution is -2.43. The second kappa shape index (κ2) is 6.39.